The smallest absolute Gasteiger partial charge is 0.0984 e. The number of thioether (sulfide) groups is 1. The zero-order chi connectivity index (χ0) is 16.3. The highest BCUT2D eigenvalue weighted by Crippen LogP contribution is 2.40. The van der Waals surface area contributed by atoms with Crippen LogP contribution in [0.1, 0.15) is 47.5 Å². The van der Waals surface area contributed by atoms with E-state index in [0.717, 1.165) is 29.0 Å². The van der Waals surface area contributed by atoms with Crippen molar-refractivity contribution >= 4 is 16.8 Å². The molecule has 0 aromatic carbocycles. The fourth-order valence-corrected chi connectivity index (χ4v) is 4.10. The minimum absolute atomic E-state index is 0.0266. The summed E-state index contributed by atoms with van der Waals surface area (Å²) in [5.74, 6) is 0.478. The highest BCUT2D eigenvalue weighted by Gasteiger charge is 2.37. The number of rotatable bonds is 5. The standard InChI is InChI=1S/C18H26N2OS/c1-6-16-18(4,5)20-17(22-16)13-7-8-15(14(9-13)10-19)21-11-12(2)3/h7,9,12,15-16H,6,8,11H2,1-5H3. The summed E-state index contributed by atoms with van der Waals surface area (Å²) in [6.45, 7) is 11.5. The first-order valence-electron chi connectivity index (χ1n) is 8.07. The molecule has 0 aromatic heterocycles. The Morgan fingerprint density at radius 2 is 2.23 bits per heavy atom. The first-order valence-corrected chi connectivity index (χ1v) is 8.95. The number of aliphatic imine (C=N–C) groups is 1. The van der Waals surface area contributed by atoms with Crippen molar-refractivity contribution in [1.29, 1.82) is 5.26 Å². The van der Waals surface area contributed by atoms with Gasteiger partial charge in [-0.25, -0.2) is 0 Å². The maximum atomic E-state index is 9.42. The van der Waals surface area contributed by atoms with Crippen LogP contribution in [-0.2, 0) is 4.74 Å². The topological polar surface area (TPSA) is 45.4 Å². The predicted molar refractivity (Wildman–Crippen MR) is 94.2 cm³/mol. The molecule has 0 spiro atoms. The SMILES string of the molecule is CCC1SC(C2=CCC(OCC(C)C)C(C#N)=C2)=NC1(C)C. The normalized spacial score (nSPS) is 27.2. The Labute approximate surface area is 138 Å². The zero-order valence-corrected chi connectivity index (χ0v) is 15.0. The summed E-state index contributed by atoms with van der Waals surface area (Å²) >= 11 is 1.84. The van der Waals surface area contributed by atoms with E-state index in [1.54, 1.807) is 0 Å². The van der Waals surface area contributed by atoms with E-state index >= 15 is 0 Å². The second-order valence-electron chi connectivity index (χ2n) is 6.91. The van der Waals surface area contributed by atoms with Crippen LogP contribution in [-0.4, -0.2) is 28.5 Å². The van der Waals surface area contributed by atoms with E-state index in [4.69, 9.17) is 9.73 Å². The van der Waals surface area contributed by atoms with Gasteiger partial charge in [0, 0.05) is 17.4 Å². The van der Waals surface area contributed by atoms with Gasteiger partial charge in [0.15, 0.2) is 0 Å². The van der Waals surface area contributed by atoms with Crippen molar-refractivity contribution in [2.75, 3.05) is 6.61 Å². The Hall–Kier alpha value is -1.05. The lowest BCUT2D eigenvalue weighted by Crippen LogP contribution is -2.26. The molecule has 22 heavy (non-hydrogen) atoms. The molecule has 2 atom stereocenters. The van der Waals surface area contributed by atoms with Crippen molar-refractivity contribution in [3.05, 3.63) is 23.3 Å². The minimum atomic E-state index is -0.0989. The summed E-state index contributed by atoms with van der Waals surface area (Å²) in [7, 11) is 0. The quantitative estimate of drug-likeness (QED) is 0.749. The van der Waals surface area contributed by atoms with Gasteiger partial charge in [0.2, 0.25) is 0 Å². The van der Waals surface area contributed by atoms with Crippen molar-refractivity contribution in [2.24, 2.45) is 10.9 Å². The van der Waals surface area contributed by atoms with E-state index in [0.29, 0.717) is 17.8 Å². The number of ether oxygens (including phenoxy) is 1. The Morgan fingerprint density at radius 1 is 1.50 bits per heavy atom. The van der Waals surface area contributed by atoms with Crippen molar-refractivity contribution in [3.8, 4) is 6.07 Å². The third kappa shape index (κ3) is 3.83. The molecule has 2 rings (SSSR count). The van der Waals surface area contributed by atoms with Gasteiger partial charge in [-0.2, -0.15) is 5.26 Å². The van der Waals surface area contributed by atoms with Gasteiger partial charge in [-0.3, -0.25) is 4.99 Å². The van der Waals surface area contributed by atoms with E-state index in [1.165, 1.54) is 0 Å². The summed E-state index contributed by atoms with van der Waals surface area (Å²) in [5, 5.41) is 11.0. The lowest BCUT2D eigenvalue weighted by Gasteiger charge is -2.21. The maximum absolute atomic E-state index is 9.42. The predicted octanol–water partition coefficient (Wildman–Crippen LogP) is 4.51. The molecule has 2 aliphatic rings. The largest absolute Gasteiger partial charge is 0.372 e. The third-order valence-electron chi connectivity index (χ3n) is 4.02. The molecule has 0 radical (unpaired) electrons. The number of hydrogen-bond acceptors (Lipinski definition) is 4. The molecular formula is C18H26N2OS. The van der Waals surface area contributed by atoms with E-state index in [-0.39, 0.29) is 11.6 Å². The molecule has 0 amide bonds. The molecule has 3 nitrogen and oxygen atoms in total. The maximum Gasteiger partial charge on any atom is 0.0984 e. The Bertz CT molecular complexity index is 552. The molecular weight excluding hydrogens is 292 g/mol. The Balaban J connectivity index is 2.13. The van der Waals surface area contributed by atoms with Crippen LogP contribution in [0.2, 0.25) is 0 Å². The number of hydrogen-bond donors (Lipinski definition) is 0. The van der Waals surface area contributed by atoms with E-state index in [2.05, 4.69) is 46.8 Å². The first-order chi connectivity index (χ1) is 10.4. The zero-order valence-electron chi connectivity index (χ0n) is 14.2. The van der Waals surface area contributed by atoms with Crippen LogP contribution in [0.5, 0.6) is 0 Å². The Morgan fingerprint density at radius 3 is 2.77 bits per heavy atom. The van der Waals surface area contributed by atoms with Crippen LogP contribution in [0.3, 0.4) is 0 Å². The van der Waals surface area contributed by atoms with Gasteiger partial charge in [-0.1, -0.05) is 26.8 Å². The molecule has 0 aromatic rings. The van der Waals surface area contributed by atoms with E-state index in [9.17, 15) is 5.26 Å². The number of allylic oxidation sites excluding steroid dienone is 1. The molecule has 1 aliphatic heterocycles. The first kappa shape index (κ1) is 17.3. The van der Waals surface area contributed by atoms with Crippen LogP contribution < -0.4 is 0 Å². The fourth-order valence-electron chi connectivity index (χ4n) is 2.75. The van der Waals surface area contributed by atoms with Crippen LogP contribution in [0.4, 0.5) is 0 Å². The van der Waals surface area contributed by atoms with Gasteiger partial charge in [0.25, 0.3) is 0 Å². The van der Waals surface area contributed by atoms with Gasteiger partial charge in [-0.05, 0) is 38.7 Å². The summed E-state index contributed by atoms with van der Waals surface area (Å²) < 4.78 is 5.86. The highest BCUT2D eigenvalue weighted by atomic mass is 32.2. The van der Waals surface area contributed by atoms with Crippen molar-refractivity contribution < 1.29 is 4.74 Å². The average Bonchev–Trinajstić information content (AvgIpc) is 2.79. The number of nitrogens with zero attached hydrogens (tertiary/aromatic N) is 2. The monoisotopic (exact) mass is 318 g/mol. The highest BCUT2D eigenvalue weighted by molar-refractivity contribution is 8.15. The molecule has 2 unspecified atom stereocenters. The van der Waals surface area contributed by atoms with Gasteiger partial charge >= 0.3 is 0 Å². The molecule has 1 heterocycles. The minimum Gasteiger partial charge on any atom is -0.372 e. The molecule has 1 aliphatic carbocycles. The molecule has 0 saturated carbocycles. The lowest BCUT2D eigenvalue weighted by molar-refractivity contribution is 0.0617. The van der Waals surface area contributed by atoms with Crippen LogP contribution in [0.25, 0.3) is 0 Å². The molecule has 0 saturated heterocycles. The van der Waals surface area contributed by atoms with Gasteiger partial charge in [0.05, 0.1) is 28.3 Å². The van der Waals surface area contributed by atoms with Gasteiger partial charge < -0.3 is 4.74 Å². The number of nitriles is 1. The molecule has 120 valence electrons. The van der Waals surface area contributed by atoms with Gasteiger partial charge in [0.1, 0.15) is 0 Å². The molecule has 0 bridgehead atoms. The van der Waals surface area contributed by atoms with Crippen molar-refractivity contribution in [1.82, 2.24) is 0 Å². The van der Waals surface area contributed by atoms with Crippen LogP contribution in [0, 0.1) is 17.2 Å². The average molecular weight is 318 g/mol. The summed E-state index contributed by atoms with van der Waals surface area (Å²) in [4.78, 5) is 4.88. The summed E-state index contributed by atoms with van der Waals surface area (Å²) in [6.07, 6.45) is 5.91. The van der Waals surface area contributed by atoms with Crippen LogP contribution >= 0.6 is 11.8 Å². The second-order valence-corrected chi connectivity index (χ2v) is 8.10. The van der Waals surface area contributed by atoms with Crippen molar-refractivity contribution in [2.45, 2.75) is 64.4 Å². The lowest BCUT2D eigenvalue weighted by atomic mass is 9.96. The Kier molecular flexibility index (Phi) is 5.52. The van der Waals surface area contributed by atoms with Gasteiger partial charge in [-0.15, -0.1) is 11.8 Å². The fraction of sp³-hybridized carbons (Fsp3) is 0.667. The van der Waals surface area contributed by atoms with Crippen LogP contribution in [0.15, 0.2) is 28.3 Å². The van der Waals surface area contributed by atoms with Crippen molar-refractivity contribution in [3.63, 3.8) is 0 Å². The van der Waals surface area contributed by atoms with E-state index in [1.807, 2.05) is 17.8 Å². The summed E-state index contributed by atoms with van der Waals surface area (Å²) in [6, 6.07) is 2.31. The molecule has 4 heteroatoms. The molecule has 0 N–H and O–H groups in total. The van der Waals surface area contributed by atoms with E-state index < -0.39 is 0 Å². The second kappa shape index (κ2) is 7.02. The molecule has 0 fully saturated rings. The summed E-state index contributed by atoms with van der Waals surface area (Å²) in [5.41, 5.74) is 1.79. The third-order valence-corrected chi connectivity index (χ3v) is 5.76.